The number of hydroxylamine groups is 1. The summed E-state index contributed by atoms with van der Waals surface area (Å²) in [5, 5.41) is 0. The summed E-state index contributed by atoms with van der Waals surface area (Å²) in [7, 11) is 0. The van der Waals surface area contributed by atoms with E-state index in [1.165, 1.54) is 10.5 Å². The lowest BCUT2D eigenvalue weighted by atomic mass is 10.2. The van der Waals surface area contributed by atoms with Crippen molar-refractivity contribution in [3.05, 3.63) is 29.8 Å². The second-order valence-electron chi connectivity index (χ2n) is 5.04. The minimum Gasteiger partial charge on any atom is -0.368 e. The molecule has 6 nitrogen and oxygen atoms in total. The molecule has 0 amide bonds. The number of benzene rings is 1. The van der Waals surface area contributed by atoms with Crippen molar-refractivity contribution in [1.82, 2.24) is 5.48 Å². The van der Waals surface area contributed by atoms with Crippen LogP contribution in [0.1, 0.15) is 25.8 Å². The van der Waals surface area contributed by atoms with Crippen molar-refractivity contribution >= 4 is 23.7 Å². The van der Waals surface area contributed by atoms with Crippen LogP contribution in [0, 0.1) is 6.92 Å². The maximum absolute atomic E-state index is 5.62. The predicted molar refractivity (Wildman–Crippen MR) is 94.0 cm³/mol. The molecule has 22 heavy (non-hydrogen) atoms. The van der Waals surface area contributed by atoms with Crippen LogP contribution in [0.25, 0.3) is 0 Å². The fraction of sp³-hybridized carbons (Fsp3) is 0.467. The Bertz CT molecular complexity index is 499. The smallest absolute Gasteiger partial charge is 0.221 e. The lowest BCUT2D eigenvalue weighted by Gasteiger charge is -2.06. The molecule has 0 radical (unpaired) electrons. The monoisotopic (exact) mass is 323 g/mol. The molecule has 0 aliphatic heterocycles. The van der Waals surface area contributed by atoms with Crippen LogP contribution in [0.15, 0.2) is 39.1 Å². The number of rotatable bonds is 7. The summed E-state index contributed by atoms with van der Waals surface area (Å²) in [6, 6.07) is 8.55. The Morgan fingerprint density at radius 2 is 1.95 bits per heavy atom. The summed E-state index contributed by atoms with van der Waals surface area (Å²) in [5.74, 6) is 1.21. The zero-order valence-corrected chi connectivity index (χ0v) is 14.2. The minimum absolute atomic E-state index is 0.0799. The second-order valence-corrected chi connectivity index (χ2v) is 6.21. The maximum Gasteiger partial charge on any atom is 0.221 e. The summed E-state index contributed by atoms with van der Waals surface area (Å²) in [6.45, 7) is 6.44. The molecular formula is C15H25N5OS. The van der Waals surface area contributed by atoms with Gasteiger partial charge in [0.05, 0.1) is 6.61 Å². The van der Waals surface area contributed by atoms with Gasteiger partial charge in [0.25, 0.3) is 0 Å². The van der Waals surface area contributed by atoms with Crippen LogP contribution in [-0.2, 0) is 4.84 Å². The average Bonchev–Trinajstić information content (AvgIpc) is 2.43. The van der Waals surface area contributed by atoms with Gasteiger partial charge in [-0.2, -0.15) is 4.99 Å². The summed E-state index contributed by atoms with van der Waals surface area (Å²) in [6.07, 6.45) is 0.897. The third kappa shape index (κ3) is 8.53. The number of aliphatic imine (C=N–C) groups is 2. The van der Waals surface area contributed by atoms with E-state index in [-0.39, 0.29) is 18.0 Å². The highest BCUT2D eigenvalue weighted by atomic mass is 32.2. The zero-order valence-electron chi connectivity index (χ0n) is 13.4. The molecule has 0 saturated carbocycles. The third-order valence-corrected chi connectivity index (χ3v) is 3.58. The molecule has 0 bridgehead atoms. The number of guanidine groups is 2. The van der Waals surface area contributed by atoms with Crippen molar-refractivity contribution in [2.75, 3.05) is 12.4 Å². The Hall–Kier alpha value is -1.73. The number of thioether (sulfide) groups is 1. The van der Waals surface area contributed by atoms with Crippen molar-refractivity contribution in [2.24, 2.45) is 21.5 Å². The van der Waals surface area contributed by atoms with Gasteiger partial charge in [0.1, 0.15) is 0 Å². The van der Waals surface area contributed by atoms with E-state index >= 15 is 0 Å². The molecule has 0 atom stereocenters. The van der Waals surface area contributed by atoms with E-state index in [0.29, 0.717) is 6.61 Å². The van der Waals surface area contributed by atoms with Gasteiger partial charge in [-0.3, -0.25) is 4.84 Å². The van der Waals surface area contributed by atoms with Gasteiger partial charge in [-0.25, -0.2) is 10.5 Å². The first kappa shape index (κ1) is 18.3. The molecule has 0 fully saturated rings. The van der Waals surface area contributed by atoms with Crippen LogP contribution in [-0.4, -0.2) is 30.3 Å². The molecule has 1 aromatic rings. The highest BCUT2D eigenvalue weighted by molar-refractivity contribution is 7.99. The normalized spacial score (nSPS) is 12.7. The van der Waals surface area contributed by atoms with E-state index in [0.717, 1.165) is 12.2 Å². The molecule has 1 rings (SSSR count). The maximum atomic E-state index is 5.62. The van der Waals surface area contributed by atoms with Gasteiger partial charge in [-0.15, -0.1) is 11.8 Å². The van der Waals surface area contributed by atoms with E-state index in [2.05, 4.69) is 46.7 Å². The second kappa shape index (κ2) is 10.1. The Labute approximate surface area is 136 Å². The number of hydrogen-bond donors (Lipinski definition) is 3. The van der Waals surface area contributed by atoms with Crippen molar-refractivity contribution in [1.29, 1.82) is 0 Å². The predicted octanol–water partition coefficient (Wildman–Crippen LogP) is 2.04. The number of nitrogens with two attached hydrogens (primary N) is 2. The first-order valence-corrected chi connectivity index (χ1v) is 8.20. The van der Waals surface area contributed by atoms with Gasteiger partial charge in [0.15, 0.2) is 0 Å². The summed E-state index contributed by atoms with van der Waals surface area (Å²) < 4.78 is 0. The molecule has 5 N–H and O–H groups in total. The largest absolute Gasteiger partial charge is 0.368 e. The Balaban J connectivity index is 2.15. The fourth-order valence-corrected chi connectivity index (χ4v) is 2.35. The summed E-state index contributed by atoms with van der Waals surface area (Å²) in [5.41, 5.74) is 15.0. The Morgan fingerprint density at radius 1 is 1.27 bits per heavy atom. The van der Waals surface area contributed by atoms with Gasteiger partial charge < -0.3 is 11.5 Å². The van der Waals surface area contributed by atoms with Gasteiger partial charge in [-0.05, 0) is 39.3 Å². The van der Waals surface area contributed by atoms with Gasteiger partial charge in [0, 0.05) is 16.7 Å². The van der Waals surface area contributed by atoms with Crippen molar-refractivity contribution in [2.45, 2.75) is 38.1 Å². The van der Waals surface area contributed by atoms with Gasteiger partial charge >= 0.3 is 0 Å². The molecule has 0 spiro atoms. The van der Waals surface area contributed by atoms with Crippen LogP contribution < -0.4 is 16.9 Å². The van der Waals surface area contributed by atoms with E-state index in [9.17, 15) is 0 Å². The lowest BCUT2D eigenvalue weighted by molar-refractivity contribution is 0.0854. The molecule has 7 heteroatoms. The zero-order chi connectivity index (χ0) is 16.4. The molecule has 122 valence electrons. The van der Waals surface area contributed by atoms with Crippen LogP contribution in [0.3, 0.4) is 0 Å². The highest BCUT2D eigenvalue weighted by Gasteiger charge is 1.97. The van der Waals surface area contributed by atoms with E-state index < -0.39 is 0 Å². The third-order valence-electron chi connectivity index (χ3n) is 2.48. The van der Waals surface area contributed by atoms with Crippen LogP contribution in [0.2, 0.25) is 0 Å². The minimum atomic E-state index is 0.0799. The van der Waals surface area contributed by atoms with E-state index in [1.54, 1.807) is 11.8 Å². The van der Waals surface area contributed by atoms with Crippen molar-refractivity contribution < 1.29 is 4.84 Å². The van der Waals surface area contributed by atoms with Crippen molar-refractivity contribution in [3.63, 3.8) is 0 Å². The van der Waals surface area contributed by atoms with Crippen LogP contribution >= 0.6 is 11.8 Å². The molecule has 1 aromatic carbocycles. The number of aryl methyl sites for hydroxylation is 1. The molecule has 0 heterocycles. The molecule has 0 aliphatic carbocycles. The van der Waals surface area contributed by atoms with E-state index in [4.69, 9.17) is 16.3 Å². The van der Waals surface area contributed by atoms with Gasteiger partial charge in [-0.1, -0.05) is 17.7 Å². The standard InChI is InChI=1S/C15H25N5OS/c1-11(2)18-14(16)19-15(17)20-21-9-4-10-22-13-7-5-12(3)6-8-13/h5-8,11H,4,9-10H2,1-3H3,(H5,16,17,18,19,20). The Morgan fingerprint density at radius 3 is 2.59 bits per heavy atom. The number of hydrogen-bond acceptors (Lipinski definition) is 3. The average molecular weight is 323 g/mol. The first-order chi connectivity index (χ1) is 10.5. The van der Waals surface area contributed by atoms with Crippen LogP contribution in [0.4, 0.5) is 0 Å². The summed E-state index contributed by atoms with van der Waals surface area (Å²) in [4.78, 5) is 14.4. The van der Waals surface area contributed by atoms with Gasteiger partial charge in [0.2, 0.25) is 11.9 Å². The van der Waals surface area contributed by atoms with Crippen LogP contribution in [0.5, 0.6) is 0 Å². The molecule has 0 aromatic heterocycles. The number of nitrogens with zero attached hydrogens (tertiary/aromatic N) is 2. The fourth-order valence-electron chi connectivity index (χ4n) is 1.52. The Kier molecular flexibility index (Phi) is 8.39. The SMILES string of the molecule is Cc1ccc(SCCCONC(N)=NC(N)=NC(C)C)cc1. The number of nitrogens with one attached hydrogen (secondary N) is 1. The molecule has 0 unspecified atom stereocenters. The molecular weight excluding hydrogens is 298 g/mol. The first-order valence-electron chi connectivity index (χ1n) is 7.22. The molecule has 0 saturated heterocycles. The molecule has 0 aliphatic rings. The quantitative estimate of drug-likeness (QED) is 0.234. The van der Waals surface area contributed by atoms with E-state index in [1.807, 2.05) is 13.8 Å². The van der Waals surface area contributed by atoms with Crippen molar-refractivity contribution in [3.8, 4) is 0 Å². The highest BCUT2D eigenvalue weighted by Crippen LogP contribution is 2.18. The topological polar surface area (TPSA) is 98.0 Å². The lowest BCUT2D eigenvalue weighted by Crippen LogP contribution is -2.34. The summed E-state index contributed by atoms with van der Waals surface area (Å²) >= 11 is 1.80.